The normalized spacial score (nSPS) is 12.2. The average Bonchev–Trinajstić information content (AvgIpc) is 2.42. The van der Waals surface area contributed by atoms with Crippen molar-refractivity contribution in [3.05, 3.63) is 52.7 Å². The van der Waals surface area contributed by atoms with Gasteiger partial charge in [0.15, 0.2) is 0 Å². The lowest BCUT2D eigenvalue weighted by molar-refractivity contribution is 0.365. The third-order valence-electron chi connectivity index (χ3n) is 2.81. The van der Waals surface area contributed by atoms with Crippen LogP contribution in [0.5, 0.6) is 0 Å². The van der Waals surface area contributed by atoms with Crippen LogP contribution in [0.1, 0.15) is 24.4 Å². The fraction of sp³-hybridized carbons (Fsp3) is 0.286. The van der Waals surface area contributed by atoms with E-state index in [1.165, 1.54) is 25.4 Å². The number of anilines is 1. The van der Waals surface area contributed by atoms with Crippen LogP contribution in [0.25, 0.3) is 0 Å². The van der Waals surface area contributed by atoms with Crippen LogP contribution >= 0.6 is 11.6 Å². The number of hydrogen-bond acceptors (Lipinski definition) is 3. The van der Waals surface area contributed by atoms with Crippen LogP contribution in [0.15, 0.2) is 30.6 Å². The molecule has 0 fully saturated rings. The fourth-order valence-electron chi connectivity index (χ4n) is 1.76. The molecule has 1 aromatic heterocycles. The lowest BCUT2D eigenvalue weighted by Crippen LogP contribution is -2.08. The van der Waals surface area contributed by atoms with Crippen molar-refractivity contribution in [2.75, 3.05) is 11.9 Å². The van der Waals surface area contributed by atoms with Gasteiger partial charge in [-0.3, -0.25) is 0 Å². The number of alkyl halides is 1. The Bertz CT molecular complexity index is 573. The van der Waals surface area contributed by atoms with Crippen LogP contribution in [0, 0.1) is 5.82 Å². The van der Waals surface area contributed by atoms with Crippen LogP contribution in [0.3, 0.4) is 0 Å². The van der Waals surface area contributed by atoms with Gasteiger partial charge in [-0.15, -0.1) is 0 Å². The Hall–Kier alpha value is -1.75. The minimum Gasteiger partial charge on any atom is -0.368 e. The highest BCUT2D eigenvalue weighted by Crippen LogP contribution is 2.27. The van der Waals surface area contributed by atoms with Crippen molar-refractivity contribution in [2.24, 2.45) is 0 Å². The smallest absolute Gasteiger partial charge is 0.148 e. The standard InChI is InChI=1S/C14H14ClF2N3/c1-9(16)13-12(15)14(20-8-19-13)18-7-6-10-2-4-11(17)5-3-10/h2-5,8-9H,6-7H2,1H3,(H,18,19,20). The zero-order chi connectivity index (χ0) is 14.5. The van der Waals surface area contributed by atoms with E-state index in [-0.39, 0.29) is 16.5 Å². The second-order valence-electron chi connectivity index (χ2n) is 4.34. The average molecular weight is 298 g/mol. The van der Waals surface area contributed by atoms with E-state index >= 15 is 0 Å². The van der Waals surface area contributed by atoms with Crippen molar-refractivity contribution in [3.63, 3.8) is 0 Å². The summed E-state index contributed by atoms with van der Waals surface area (Å²) in [5, 5.41) is 3.22. The molecule has 1 unspecified atom stereocenters. The second kappa shape index (κ2) is 6.61. The zero-order valence-electron chi connectivity index (χ0n) is 10.9. The van der Waals surface area contributed by atoms with E-state index in [0.717, 1.165) is 5.56 Å². The molecule has 1 heterocycles. The van der Waals surface area contributed by atoms with Gasteiger partial charge in [0.25, 0.3) is 0 Å². The first-order valence-electron chi connectivity index (χ1n) is 6.20. The number of halogens is 3. The van der Waals surface area contributed by atoms with E-state index in [9.17, 15) is 8.78 Å². The molecule has 0 radical (unpaired) electrons. The van der Waals surface area contributed by atoms with Crippen molar-refractivity contribution in [1.82, 2.24) is 9.97 Å². The van der Waals surface area contributed by atoms with Gasteiger partial charge in [0.2, 0.25) is 0 Å². The summed E-state index contributed by atoms with van der Waals surface area (Å²) < 4.78 is 26.0. The molecule has 0 bridgehead atoms. The Labute approximate surface area is 121 Å². The van der Waals surface area contributed by atoms with Crippen LogP contribution in [0.4, 0.5) is 14.6 Å². The van der Waals surface area contributed by atoms with Gasteiger partial charge in [-0.25, -0.2) is 18.7 Å². The Balaban J connectivity index is 1.97. The minimum atomic E-state index is -1.25. The summed E-state index contributed by atoms with van der Waals surface area (Å²) in [7, 11) is 0. The van der Waals surface area contributed by atoms with Crippen molar-refractivity contribution >= 4 is 17.4 Å². The third-order valence-corrected chi connectivity index (χ3v) is 3.19. The summed E-state index contributed by atoms with van der Waals surface area (Å²) in [5.41, 5.74) is 1.16. The summed E-state index contributed by atoms with van der Waals surface area (Å²) in [6, 6.07) is 6.26. The number of rotatable bonds is 5. The zero-order valence-corrected chi connectivity index (χ0v) is 11.7. The highest BCUT2D eigenvalue weighted by molar-refractivity contribution is 6.33. The minimum absolute atomic E-state index is 0.172. The van der Waals surface area contributed by atoms with E-state index in [2.05, 4.69) is 15.3 Å². The lowest BCUT2D eigenvalue weighted by atomic mass is 10.1. The maximum atomic E-state index is 13.3. The SMILES string of the molecule is CC(F)c1ncnc(NCCc2ccc(F)cc2)c1Cl. The molecule has 2 rings (SSSR count). The van der Waals surface area contributed by atoms with Crippen molar-refractivity contribution in [1.29, 1.82) is 0 Å². The molecule has 3 nitrogen and oxygen atoms in total. The molecule has 0 saturated heterocycles. The van der Waals surface area contributed by atoms with Crippen LogP contribution in [-0.4, -0.2) is 16.5 Å². The van der Waals surface area contributed by atoms with E-state index in [1.807, 2.05) is 0 Å². The molecule has 0 aliphatic heterocycles. The molecular weight excluding hydrogens is 284 g/mol. The van der Waals surface area contributed by atoms with Crippen LogP contribution in [-0.2, 0) is 6.42 Å². The summed E-state index contributed by atoms with van der Waals surface area (Å²) in [5.74, 6) is 0.144. The molecule has 20 heavy (non-hydrogen) atoms. The van der Waals surface area contributed by atoms with Gasteiger partial charge in [0.05, 0.1) is 5.69 Å². The van der Waals surface area contributed by atoms with E-state index in [0.29, 0.717) is 18.8 Å². The van der Waals surface area contributed by atoms with Gasteiger partial charge in [-0.05, 0) is 31.0 Å². The Morgan fingerprint density at radius 1 is 1.25 bits per heavy atom. The molecule has 6 heteroatoms. The molecule has 1 N–H and O–H groups in total. The maximum absolute atomic E-state index is 13.3. The monoisotopic (exact) mass is 297 g/mol. The first kappa shape index (κ1) is 14.7. The van der Waals surface area contributed by atoms with Crippen LogP contribution < -0.4 is 5.32 Å². The van der Waals surface area contributed by atoms with E-state index < -0.39 is 6.17 Å². The van der Waals surface area contributed by atoms with Gasteiger partial charge in [-0.1, -0.05) is 23.7 Å². The predicted molar refractivity (Wildman–Crippen MR) is 75.2 cm³/mol. The number of nitrogens with one attached hydrogen (secondary N) is 1. The first-order chi connectivity index (χ1) is 9.58. The summed E-state index contributed by atoms with van der Waals surface area (Å²) in [6.07, 6.45) is 0.710. The van der Waals surface area contributed by atoms with Gasteiger partial charge >= 0.3 is 0 Å². The highest BCUT2D eigenvalue weighted by atomic mass is 35.5. The Morgan fingerprint density at radius 3 is 2.60 bits per heavy atom. The van der Waals surface area contributed by atoms with Gasteiger partial charge in [-0.2, -0.15) is 0 Å². The molecule has 0 amide bonds. The molecule has 1 aromatic carbocycles. The molecule has 0 aliphatic rings. The molecule has 106 valence electrons. The number of nitrogens with zero attached hydrogens (tertiary/aromatic N) is 2. The third kappa shape index (κ3) is 3.63. The quantitative estimate of drug-likeness (QED) is 0.908. The van der Waals surface area contributed by atoms with Gasteiger partial charge < -0.3 is 5.32 Å². The number of benzene rings is 1. The molecule has 0 aliphatic carbocycles. The first-order valence-corrected chi connectivity index (χ1v) is 6.58. The lowest BCUT2D eigenvalue weighted by Gasteiger charge is -2.10. The van der Waals surface area contributed by atoms with Crippen molar-refractivity contribution in [2.45, 2.75) is 19.5 Å². The maximum Gasteiger partial charge on any atom is 0.148 e. The number of aromatic nitrogens is 2. The molecule has 0 saturated carbocycles. The van der Waals surface area contributed by atoms with Crippen LogP contribution in [0.2, 0.25) is 5.02 Å². The van der Waals surface area contributed by atoms with Crippen molar-refractivity contribution < 1.29 is 8.78 Å². The molecule has 0 spiro atoms. The fourth-order valence-corrected chi connectivity index (χ4v) is 2.08. The topological polar surface area (TPSA) is 37.8 Å². The molecular formula is C14H14ClF2N3. The predicted octanol–water partition coefficient (Wildman–Crippen LogP) is 3.95. The van der Waals surface area contributed by atoms with E-state index in [4.69, 9.17) is 11.6 Å². The molecule has 2 aromatic rings. The largest absolute Gasteiger partial charge is 0.368 e. The van der Waals surface area contributed by atoms with Gasteiger partial charge in [0, 0.05) is 6.54 Å². The van der Waals surface area contributed by atoms with E-state index in [1.54, 1.807) is 12.1 Å². The van der Waals surface area contributed by atoms with Crippen molar-refractivity contribution in [3.8, 4) is 0 Å². The van der Waals surface area contributed by atoms with Gasteiger partial charge in [0.1, 0.15) is 29.2 Å². The summed E-state index contributed by atoms with van der Waals surface area (Å²) in [4.78, 5) is 7.80. The second-order valence-corrected chi connectivity index (χ2v) is 4.72. The number of hydrogen-bond donors (Lipinski definition) is 1. The molecule has 1 atom stereocenters. The summed E-state index contributed by atoms with van der Waals surface area (Å²) >= 11 is 6.03. The highest BCUT2D eigenvalue weighted by Gasteiger charge is 2.14. The summed E-state index contributed by atoms with van der Waals surface area (Å²) in [6.45, 7) is 1.93. The Morgan fingerprint density at radius 2 is 1.95 bits per heavy atom. The Kier molecular flexibility index (Phi) is 4.84.